The van der Waals surface area contributed by atoms with Crippen molar-refractivity contribution in [3.8, 4) is 5.75 Å². The van der Waals surface area contributed by atoms with Crippen molar-refractivity contribution in [2.45, 2.75) is 46.8 Å². The Hall–Kier alpha value is -1.98. The standard InChI is InChI=1S/C15H24N2O4/c1-10(2)9-20-13-8-16-11(6-12(13)18)7-17-14(19)21-15(3,4)5/h6,8,10H,7,9H2,1-5H3,(H,16,18)(H,17,19). The van der Waals surface area contributed by atoms with E-state index in [1.165, 1.54) is 12.3 Å². The number of pyridine rings is 1. The number of H-pyrrole nitrogens is 1. The number of amides is 1. The molecule has 0 aliphatic heterocycles. The van der Waals surface area contributed by atoms with Gasteiger partial charge in [0.25, 0.3) is 0 Å². The van der Waals surface area contributed by atoms with Crippen LogP contribution in [-0.2, 0) is 11.3 Å². The third-order valence-electron chi connectivity index (χ3n) is 2.33. The molecule has 0 aromatic carbocycles. The van der Waals surface area contributed by atoms with Crippen LogP contribution in [0.3, 0.4) is 0 Å². The van der Waals surface area contributed by atoms with Crippen LogP contribution in [0.4, 0.5) is 4.79 Å². The molecule has 0 aliphatic carbocycles. The Morgan fingerprint density at radius 2 is 2.05 bits per heavy atom. The van der Waals surface area contributed by atoms with Gasteiger partial charge in [-0.25, -0.2) is 4.79 Å². The zero-order valence-corrected chi connectivity index (χ0v) is 13.3. The first-order valence-electron chi connectivity index (χ1n) is 6.98. The quantitative estimate of drug-likeness (QED) is 0.874. The van der Waals surface area contributed by atoms with Gasteiger partial charge >= 0.3 is 6.09 Å². The number of nitrogens with one attached hydrogen (secondary N) is 2. The summed E-state index contributed by atoms with van der Waals surface area (Å²) >= 11 is 0. The van der Waals surface area contributed by atoms with Crippen molar-refractivity contribution in [2.75, 3.05) is 6.61 Å². The van der Waals surface area contributed by atoms with Gasteiger partial charge in [0, 0.05) is 18.0 Å². The Bertz CT molecular complexity index is 529. The number of hydrogen-bond acceptors (Lipinski definition) is 4. The summed E-state index contributed by atoms with van der Waals surface area (Å²) in [5.41, 5.74) is -0.176. The Labute approximate surface area is 124 Å². The number of hydrogen-bond donors (Lipinski definition) is 2. The zero-order chi connectivity index (χ0) is 16.0. The molecule has 1 rings (SSSR count). The van der Waals surface area contributed by atoms with Gasteiger partial charge in [0.05, 0.1) is 13.2 Å². The predicted octanol–water partition coefficient (Wildman–Crippen LogP) is 2.43. The molecular weight excluding hydrogens is 272 g/mol. The monoisotopic (exact) mass is 296 g/mol. The van der Waals surface area contributed by atoms with Crippen molar-refractivity contribution in [3.63, 3.8) is 0 Å². The van der Waals surface area contributed by atoms with E-state index in [-0.39, 0.29) is 17.7 Å². The third-order valence-corrected chi connectivity index (χ3v) is 2.33. The van der Waals surface area contributed by atoms with Crippen LogP contribution in [0.1, 0.15) is 40.3 Å². The zero-order valence-electron chi connectivity index (χ0n) is 13.3. The van der Waals surface area contributed by atoms with Crippen LogP contribution in [0, 0.1) is 5.92 Å². The molecule has 1 aromatic heterocycles. The van der Waals surface area contributed by atoms with E-state index in [9.17, 15) is 9.59 Å². The summed E-state index contributed by atoms with van der Waals surface area (Å²) < 4.78 is 10.5. The number of alkyl carbamates (subject to hydrolysis) is 1. The molecule has 6 heteroatoms. The van der Waals surface area contributed by atoms with Crippen LogP contribution in [0.25, 0.3) is 0 Å². The molecule has 118 valence electrons. The molecule has 0 atom stereocenters. The molecule has 1 heterocycles. The lowest BCUT2D eigenvalue weighted by molar-refractivity contribution is 0.0523. The van der Waals surface area contributed by atoms with E-state index in [0.717, 1.165) is 0 Å². The number of carbonyl (C=O) groups is 1. The summed E-state index contributed by atoms with van der Waals surface area (Å²) in [6.45, 7) is 10.0. The second-order valence-electron chi connectivity index (χ2n) is 6.25. The number of aromatic amines is 1. The summed E-state index contributed by atoms with van der Waals surface area (Å²) in [5.74, 6) is 0.627. The normalized spacial score (nSPS) is 11.3. The maximum absolute atomic E-state index is 11.8. The molecule has 0 spiro atoms. The molecule has 1 amide bonds. The summed E-state index contributed by atoms with van der Waals surface area (Å²) in [7, 11) is 0. The highest BCUT2D eigenvalue weighted by Crippen LogP contribution is 2.07. The Kier molecular flexibility index (Phi) is 5.81. The van der Waals surface area contributed by atoms with Crippen molar-refractivity contribution < 1.29 is 14.3 Å². The van der Waals surface area contributed by atoms with Crippen molar-refractivity contribution in [1.29, 1.82) is 0 Å². The highest BCUT2D eigenvalue weighted by atomic mass is 16.6. The van der Waals surface area contributed by atoms with Crippen molar-refractivity contribution in [3.05, 3.63) is 28.2 Å². The summed E-state index contributed by atoms with van der Waals surface area (Å²) in [4.78, 5) is 26.3. The number of aromatic nitrogens is 1. The Morgan fingerprint density at radius 1 is 1.38 bits per heavy atom. The van der Waals surface area contributed by atoms with Gasteiger partial charge in [-0.3, -0.25) is 4.79 Å². The molecule has 0 radical (unpaired) electrons. The van der Waals surface area contributed by atoms with Gasteiger partial charge in [-0.2, -0.15) is 0 Å². The molecule has 0 bridgehead atoms. The first-order chi connectivity index (χ1) is 9.67. The van der Waals surface area contributed by atoms with E-state index >= 15 is 0 Å². The van der Waals surface area contributed by atoms with E-state index in [0.29, 0.717) is 18.2 Å². The minimum atomic E-state index is -0.550. The van der Waals surface area contributed by atoms with Gasteiger partial charge in [-0.05, 0) is 26.7 Å². The molecule has 1 aromatic rings. The fourth-order valence-corrected chi connectivity index (χ4v) is 1.45. The molecule has 0 unspecified atom stereocenters. The summed E-state index contributed by atoms with van der Waals surface area (Å²) in [6.07, 6.45) is 0.986. The van der Waals surface area contributed by atoms with Gasteiger partial charge in [-0.1, -0.05) is 13.8 Å². The number of rotatable bonds is 5. The molecule has 0 fully saturated rings. The highest BCUT2D eigenvalue weighted by Gasteiger charge is 2.15. The fraction of sp³-hybridized carbons (Fsp3) is 0.600. The van der Waals surface area contributed by atoms with Crippen molar-refractivity contribution >= 4 is 6.09 Å². The minimum Gasteiger partial charge on any atom is -0.488 e. The first-order valence-corrected chi connectivity index (χ1v) is 6.98. The Balaban J connectivity index is 2.56. The van der Waals surface area contributed by atoms with E-state index in [1.54, 1.807) is 20.8 Å². The van der Waals surface area contributed by atoms with Crippen LogP contribution >= 0.6 is 0 Å². The van der Waals surface area contributed by atoms with Gasteiger partial charge in [-0.15, -0.1) is 0 Å². The molecule has 0 saturated carbocycles. The predicted molar refractivity (Wildman–Crippen MR) is 80.5 cm³/mol. The molecule has 6 nitrogen and oxygen atoms in total. The topological polar surface area (TPSA) is 80.4 Å². The van der Waals surface area contributed by atoms with E-state index in [2.05, 4.69) is 10.3 Å². The van der Waals surface area contributed by atoms with Crippen LogP contribution in [0.5, 0.6) is 5.75 Å². The van der Waals surface area contributed by atoms with Gasteiger partial charge in [0.1, 0.15) is 5.60 Å². The lowest BCUT2D eigenvalue weighted by Gasteiger charge is -2.19. The number of carbonyl (C=O) groups excluding carboxylic acids is 1. The molecular formula is C15H24N2O4. The van der Waals surface area contributed by atoms with Crippen molar-refractivity contribution in [2.24, 2.45) is 5.92 Å². The van der Waals surface area contributed by atoms with Crippen LogP contribution in [0.2, 0.25) is 0 Å². The highest BCUT2D eigenvalue weighted by molar-refractivity contribution is 5.67. The maximum Gasteiger partial charge on any atom is 0.407 e. The van der Waals surface area contributed by atoms with Crippen LogP contribution in [-0.4, -0.2) is 23.3 Å². The Morgan fingerprint density at radius 3 is 2.57 bits per heavy atom. The lowest BCUT2D eigenvalue weighted by Crippen LogP contribution is -2.32. The summed E-state index contributed by atoms with van der Waals surface area (Å²) in [5, 5.41) is 2.58. The van der Waals surface area contributed by atoms with Gasteiger partial charge < -0.3 is 19.8 Å². The first kappa shape index (κ1) is 17.1. The average molecular weight is 296 g/mol. The average Bonchev–Trinajstić information content (AvgIpc) is 2.33. The van der Waals surface area contributed by atoms with Crippen molar-refractivity contribution in [1.82, 2.24) is 10.3 Å². The lowest BCUT2D eigenvalue weighted by atomic mass is 10.2. The molecule has 0 saturated heterocycles. The molecule has 21 heavy (non-hydrogen) atoms. The van der Waals surface area contributed by atoms with E-state index in [4.69, 9.17) is 9.47 Å². The van der Waals surface area contributed by atoms with E-state index in [1.807, 2.05) is 13.8 Å². The smallest absolute Gasteiger partial charge is 0.407 e. The van der Waals surface area contributed by atoms with Gasteiger partial charge in [0.15, 0.2) is 5.75 Å². The van der Waals surface area contributed by atoms with E-state index < -0.39 is 11.7 Å². The molecule has 2 N–H and O–H groups in total. The second-order valence-corrected chi connectivity index (χ2v) is 6.25. The molecule has 0 aliphatic rings. The SMILES string of the molecule is CC(C)COc1c[nH]c(CNC(=O)OC(C)(C)C)cc1=O. The fourth-order valence-electron chi connectivity index (χ4n) is 1.45. The maximum atomic E-state index is 11.8. The third kappa shape index (κ3) is 6.83. The number of ether oxygens (including phenoxy) is 2. The van der Waals surface area contributed by atoms with Crippen LogP contribution < -0.4 is 15.5 Å². The largest absolute Gasteiger partial charge is 0.488 e. The summed E-state index contributed by atoms with van der Waals surface area (Å²) in [6, 6.07) is 1.41. The van der Waals surface area contributed by atoms with Gasteiger partial charge in [0.2, 0.25) is 5.43 Å². The second kappa shape index (κ2) is 7.15. The van der Waals surface area contributed by atoms with Crippen LogP contribution in [0.15, 0.2) is 17.1 Å². The minimum absolute atomic E-state index is 0.189.